The van der Waals surface area contributed by atoms with Gasteiger partial charge in [-0.2, -0.15) is 0 Å². The molecular formula is C27H30N2O10. The number of phenolic OH excluding ortho intramolecular Hbond substituents is 2. The molecular weight excluding hydrogens is 512 g/mol. The molecule has 1 heterocycles. The van der Waals surface area contributed by atoms with Gasteiger partial charge in [0, 0.05) is 42.0 Å². The second-order valence-electron chi connectivity index (χ2n) is 10.2. The number of aromatic hydroxyl groups is 2. The zero-order chi connectivity index (χ0) is 28.4. The van der Waals surface area contributed by atoms with Crippen LogP contribution in [-0.2, 0) is 15.9 Å². The van der Waals surface area contributed by atoms with Crippen molar-refractivity contribution < 1.29 is 49.3 Å². The molecule has 1 fully saturated rings. The number of aliphatic hydroxyl groups excluding tert-OH is 2. The Bertz CT molecular complexity index is 1380. The van der Waals surface area contributed by atoms with Crippen molar-refractivity contribution in [3.63, 3.8) is 0 Å². The second-order valence-corrected chi connectivity index (χ2v) is 10.2. The average molecular weight is 543 g/mol. The molecule has 0 unspecified atom stereocenters. The quantitative estimate of drug-likeness (QED) is 0.174. The van der Waals surface area contributed by atoms with Gasteiger partial charge in [-0.15, -0.1) is 0 Å². The molecule has 0 amide bonds. The molecule has 2 aromatic rings. The first kappa shape index (κ1) is 27.2. The fourth-order valence-corrected chi connectivity index (χ4v) is 5.77. The standard InChI is InChI=1S/C27H30N2O10/c1-10-22(31)13(28)6-17(38-10)39-15-8-27(36,16(29)9-30)7-12-19(15)26(35)21-20(24(12)33)23(32)11-4-3-5-14(37-2)18(11)25(21)34/h3-5,10,13,15,17,22,29-31,33,35-36H,6-9,28H2,1-2H3/t10-,13-,15-,17-,22+,27-/m0/s1. The van der Waals surface area contributed by atoms with E-state index >= 15 is 0 Å². The Morgan fingerprint density at radius 1 is 1.18 bits per heavy atom. The van der Waals surface area contributed by atoms with Crippen LogP contribution in [0, 0.1) is 5.41 Å². The molecule has 0 bridgehead atoms. The van der Waals surface area contributed by atoms with Gasteiger partial charge in [0.25, 0.3) is 0 Å². The number of ether oxygens (including phenoxy) is 3. The van der Waals surface area contributed by atoms with E-state index in [1.165, 1.54) is 25.3 Å². The highest BCUT2D eigenvalue weighted by Crippen LogP contribution is 2.52. The predicted molar refractivity (Wildman–Crippen MR) is 134 cm³/mol. The molecule has 12 nitrogen and oxygen atoms in total. The summed E-state index contributed by atoms with van der Waals surface area (Å²) in [5, 5.41) is 62.2. The van der Waals surface area contributed by atoms with Crippen LogP contribution in [0.2, 0.25) is 0 Å². The van der Waals surface area contributed by atoms with Gasteiger partial charge in [-0.25, -0.2) is 0 Å². The Hall–Kier alpha value is -3.39. The van der Waals surface area contributed by atoms with E-state index < -0.39 is 89.2 Å². The maximum atomic E-state index is 13.7. The van der Waals surface area contributed by atoms with Crippen molar-refractivity contribution in [3.05, 3.63) is 51.6 Å². The number of rotatable bonds is 5. The van der Waals surface area contributed by atoms with E-state index in [9.17, 15) is 35.1 Å². The fraction of sp³-hybridized carbons (Fsp3) is 0.444. The summed E-state index contributed by atoms with van der Waals surface area (Å²) in [6, 6.07) is 3.71. The van der Waals surface area contributed by atoms with E-state index in [0.717, 1.165) is 0 Å². The summed E-state index contributed by atoms with van der Waals surface area (Å²) < 4.78 is 17.1. The lowest BCUT2D eigenvalue weighted by molar-refractivity contribution is -0.245. The van der Waals surface area contributed by atoms with Crippen molar-refractivity contribution in [3.8, 4) is 17.2 Å². The molecule has 0 aromatic heterocycles. The van der Waals surface area contributed by atoms with Crippen LogP contribution in [0.5, 0.6) is 17.2 Å². The minimum Gasteiger partial charge on any atom is -0.507 e. The summed E-state index contributed by atoms with van der Waals surface area (Å²) in [5.41, 5.74) is 2.40. The topological polar surface area (TPSA) is 213 Å². The summed E-state index contributed by atoms with van der Waals surface area (Å²) in [5.74, 6) is -2.63. The van der Waals surface area contributed by atoms with Gasteiger partial charge >= 0.3 is 0 Å². The first-order valence-electron chi connectivity index (χ1n) is 12.5. The number of nitrogens with one attached hydrogen (secondary N) is 1. The summed E-state index contributed by atoms with van der Waals surface area (Å²) in [6.45, 7) is 0.802. The molecule has 0 saturated carbocycles. The molecule has 1 aliphatic heterocycles. The van der Waals surface area contributed by atoms with Gasteiger partial charge in [0.15, 0.2) is 12.1 Å². The van der Waals surface area contributed by atoms with Gasteiger partial charge in [-0.1, -0.05) is 12.1 Å². The minimum atomic E-state index is -2.02. The molecule has 1 saturated heterocycles. The maximum Gasteiger partial charge on any atom is 0.202 e. The molecule has 2 aromatic carbocycles. The van der Waals surface area contributed by atoms with Gasteiger partial charge in [-0.05, 0) is 13.0 Å². The van der Waals surface area contributed by atoms with Gasteiger partial charge in [0.05, 0.1) is 54.4 Å². The van der Waals surface area contributed by atoms with Crippen molar-refractivity contribution >= 4 is 17.3 Å². The Balaban J connectivity index is 1.69. The lowest BCUT2D eigenvalue weighted by Gasteiger charge is -2.42. The molecule has 6 atom stereocenters. The number of carbonyl (C=O) groups is 2. The van der Waals surface area contributed by atoms with E-state index in [2.05, 4.69) is 0 Å². The summed E-state index contributed by atoms with van der Waals surface area (Å²) in [6.07, 6.45) is -4.68. The van der Waals surface area contributed by atoms with Crippen molar-refractivity contribution in [1.82, 2.24) is 0 Å². The number of hydrogen-bond acceptors (Lipinski definition) is 12. The molecule has 12 heteroatoms. The number of aliphatic hydroxyl groups is 3. The molecule has 39 heavy (non-hydrogen) atoms. The Morgan fingerprint density at radius 3 is 2.51 bits per heavy atom. The average Bonchev–Trinajstić information content (AvgIpc) is 2.90. The van der Waals surface area contributed by atoms with Gasteiger partial charge in [0.1, 0.15) is 22.8 Å². The van der Waals surface area contributed by atoms with Crippen molar-refractivity contribution in [2.45, 2.75) is 62.4 Å². The maximum absolute atomic E-state index is 13.7. The lowest BCUT2D eigenvalue weighted by Crippen LogP contribution is -2.53. The number of benzene rings is 2. The van der Waals surface area contributed by atoms with Crippen LogP contribution < -0.4 is 10.5 Å². The van der Waals surface area contributed by atoms with Crippen LogP contribution in [0.1, 0.15) is 68.8 Å². The summed E-state index contributed by atoms with van der Waals surface area (Å²) >= 11 is 0. The smallest absolute Gasteiger partial charge is 0.202 e. The van der Waals surface area contributed by atoms with E-state index in [4.69, 9.17) is 25.4 Å². The van der Waals surface area contributed by atoms with Crippen LogP contribution in [0.3, 0.4) is 0 Å². The first-order chi connectivity index (χ1) is 18.4. The van der Waals surface area contributed by atoms with Gasteiger partial charge in [-0.3, -0.25) is 9.59 Å². The van der Waals surface area contributed by atoms with Crippen LogP contribution >= 0.6 is 0 Å². The van der Waals surface area contributed by atoms with Crippen molar-refractivity contribution in [1.29, 1.82) is 5.41 Å². The van der Waals surface area contributed by atoms with Gasteiger partial charge in [0.2, 0.25) is 5.78 Å². The summed E-state index contributed by atoms with van der Waals surface area (Å²) in [4.78, 5) is 27.2. The number of methoxy groups -OCH3 is 1. The summed E-state index contributed by atoms with van der Waals surface area (Å²) in [7, 11) is 1.33. The van der Waals surface area contributed by atoms with E-state index in [-0.39, 0.29) is 40.8 Å². The SMILES string of the molecule is COc1cccc2c1C(=O)c1c(O)c3c(c(O)c1C2=O)C[C@@](O)(C(=N)CO)C[C@@H]3O[C@H]1C[C@H](N)[C@H](O)[C@H](C)O1. The molecule has 2 aliphatic carbocycles. The zero-order valence-electron chi connectivity index (χ0n) is 21.3. The molecule has 8 N–H and O–H groups in total. The number of ketones is 2. The van der Waals surface area contributed by atoms with E-state index in [1.54, 1.807) is 6.92 Å². The van der Waals surface area contributed by atoms with Crippen LogP contribution in [0.4, 0.5) is 0 Å². The Kier molecular flexibility index (Phi) is 6.74. The third kappa shape index (κ3) is 4.11. The minimum absolute atomic E-state index is 0.0272. The van der Waals surface area contributed by atoms with Gasteiger partial charge < -0.3 is 50.9 Å². The highest BCUT2D eigenvalue weighted by atomic mass is 16.7. The fourth-order valence-electron chi connectivity index (χ4n) is 5.77. The Morgan fingerprint density at radius 2 is 1.87 bits per heavy atom. The van der Waals surface area contributed by atoms with E-state index in [1.807, 2.05) is 0 Å². The van der Waals surface area contributed by atoms with Crippen LogP contribution in [0.25, 0.3) is 0 Å². The molecule has 208 valence electrons. The first-order valence-corrected chi connectivity index (χ1v) is 12.5. The normalized spacial score (nSPS) is 29.8. The predicted octanol–water partition coefficient (Wildman–Crippen LogP) is 0.452. The Labute approximate surface area is 223 Å². The second kappa shape index (κ2) is 9.66. The highest BCUT2D eigenvalue weighted by molar-refractivity contribution is 6.31. The number of phenols is 2. The van der Waals surface area contributed by atoms with Crippen molar-refractivity contribution in [2.75, 3.05) is 13.7 Å². The van der Waals surface area contributed by atoms with Crippen molar-refractivity contribution in [2.24, 2.45) is 5.73 Å². The number of fused-ring (bicyclic) bond motifs is 3. The molecule has 0 spiro atoms. The molecule has 0 radical (unpaired) electrons. The van der Waals surface area contributed by atoms with E-state index in [0.29, 0.717) is 0 Å². The highest BCUT2D eigenvalue weighted by Gasteiger charge is 2.49. The zero-order valence-corrected chi connectivity index (χ0v) is 21.3. The molecule has 5 rings (SSSR count). The number of nitrogens with two attached hydrogens (primary N) is 1. The largest absolute Gasteiger partial charge is 0.507 e. The third-order valence-electron chi connectivity index (χ3n) is 7.86. The number of carbonyl (C=O) groups excluding carboxylic acids is 2. The monoisotopic (exact) mass is 542 g/mol. The third-order valence-corrected chi connectivity index (χ3v) is 7.86. The van der Waals surface area contributed by atoms with Crippen LogP contribution in [-0.4, -0.2) is 86.7 Å². The van der Waals surface area contributed by atoms with Crippen LogP contribution in [0.15, 0.2) is 18.2 Å². The number of hydrogen-bond donors (Lipinski definition) is 7. The molecule has 3 aliphatic rings. The lowest BCUT2D eigenvalue weighted by atomic mass is 9.71.